The highest BCUT2D eigenvalue weighted by Gasteiger charge is 2.25. The van der Waals surface area contributed by atoms with E-state index < -0.39 is 0 Å². The van der Waals surface area contributed by atoms with Crippen molar-refractivity contribution in [3.8, 4) is 0 Å². The molecule has 2 rings (SSSR count). The van der Waals surface area contributed by atoms with E-state index in [0.717, 1.165) is 18.3 Å². The van der Waals surface area contributed by atoms with Gasteiger partial charge in [-0.05, 0) is 38.4 Å². The average molecular weight is 242 g/mol. The lowest BCUT2D eigenvalue weighted by Crippen LogP contribution is -2.39. The minimum absolute atomic E-state index is 0.296. The Bertz CT molecular complexity index is 241. The highest BCUT2D eigenvalue weighted by atomic mass is 32.2. The van der Waals surface area contributed by atoms with E-state index in [1.165, 1.54) is 32.1 Å². The Hall–Kier alpha value is -0.220. The van der Waals surface area contributed by atoms with Crippen LogP contribution in [0.15, 0.2) is 0 Å². The van der Waals surface area contributed by atoms with Crippen molar-refractivity contribution in [2.45, 2.75) is 43.4 Å². The summed E-state index contributed by atoms with van der Waals surface area (Å²) in [5.74, 6) is 0.296. The van der Waals surface area contributed by atoms with Crippen LogP contribution in [0.2, 0.25) is 0 Å². The zero-order valence-corrected chi connectivity index (χ0v) is 10.9. The van der Waals surface area contributed by atoms with Gasteiger partial charge in [0.25, 0.3) is 0 Å². The molecule has 92 valence electrons. The van der Waals surface area contributed by atoms with Crippen molar-refractivity contribution in [2.75, 3.05) is 25.9 Å². The van der Waals surface area contributed by atoms with E-state index in [1.807, 2.05) is 16.7 Å². The van der Waals surface area contributed by atoms with Gasteiger partial charge in [0.1, 0.15) is 0 Å². The molecule has 1 N–H and O–H groups in total. The van der Waals surface area contributed by atoms with E-state index in [4.69, 9.17) is 0 Å². The normalized spacial score (nSPS) is 29.9. The van der Waals surface area contributed by atoms with Crippen LogP contribution in [0.4, 0.5) is 0 Å². The molecule has 16 heavy (non-hydrogen) atoms. The Labute approximate surface area is 102 Å². The Morgan fingerprint density at radius 3 is 2.75 bits per heavy atom. The molecule has 2 unspecified atom stereocenters. The van der Waals surface area contributed by atoms with Crippen molar-refractivity contribution in [1.29, 1.82) is 0 Å². The number of nitrogens with zero attached hydrogens (tertiary/aromatic N) is 1. The van der Waals surface area contributed by atoms with Crippen molar-refractivity contribution < 1.29 is 4.79 Å². The molecule has 1 aliphatic carbocycles. The summed E-state index contributed by atoms with van der Waals surface area (Å²) in [5.41, 5.74) is 0. The topological polar surface area (TPSA) is 32.3 Å². The first kappa shape index (κ1) is 12.2. The Morgan fingerprint density at radius 2 is 2.12 bits per heavy atom. The van der Waals surface area contributed by atoms with E-state index in [2.05, 4.69) is 11.6 Å². The largest absolute Gasteiger partial charge is 0.342 e. The molecule has 0 aromatic heterocycles. The molecule has 4 heteroatoms. The van der Waals surface area contributed by atoms with Gasteiger partial charge in [0, 0.05) is 24.4 Å². The first-order valence-corrected chi connectivity index (χ1v) is 7.62. The van der Waals surface area contributed by atoms with Crippen LogP contribution in [0.1, 0.15) is 32.1 Å². The average Bonchev–Trinajstić information content (AvgIpc) is 2.96. The summed E-state index contributed by atoms with van der Waals surface area (Å²) < 4.78 is 0. The molecular formula is C12H22N2OS. The van der Waals surface area contributed by atoms with Crippen LogP contribution in [0.25, 0.3) is 0 Å². The first-order chi connectivity index (χ1) is 7.79. The zero-order valence-electron chi connectivity index (χ0n) is 10.1. The van der Waals surface area contributed by atoms with Gasteiger partial charge < -0.3 is 10.2 Å². The van der Waals surface area contributed by atoms with Gasteiger partial charge in [-0.2, -0.15) is 11.8 Å². The van der Waals surface area contributed by atoms with Gasteiger partial charge in [-0.1, -0.05) is 0 Å². The zero-order chi connectivity index (χ0) is 11.4. The Kier molecular flexibility index (Phi) is 4.53. The molecule has 1 heterocycles. The molecule has 0 aromatic rings. The maximum Gasteiger partial charge on any atom is 0.236 e. The summed E-state index contributed by atoms with van der Waals surface area (Å²) in [6.07, 6.45) is 8.32. The number of carbonyl (C=O) groups excluding carboxylic acids is 1. The van der Waals surface area contributed by atoms with Gasteiger partial charge in [-0.3, -0.25) is 4.79 Å². The fraction of sp³-hybridized carbons (Fsp3) is 0.917. The SMILES string of the molecule is CSC1CCC(NCC(=O)N2CCCC2)C1. The summed E-state index contributed by atoms with van der Waals surface area (Å²) in [7, 11) is 0. The number of thioether (sulfide) groups is 1. The summed E-state index contributed by atoms with van der Waals surface area (Å²) in [4.78, 5) is 13.8. The monoisotopic (exact) mass is 242 g/mol. The Balaban J connectivity index is 1.65. The minimum atomic E-state index is 0.296. The number of nitrogens with one attached hydrogen (secondary N) is 1. The standard InChI is InChI=1S/C12H22N2OS/c1-16-11-5-4-10(8-11)13-9-12(15)14-6-2-3-7-14/h10-11,13H,2-9H2,1H3. The van der Waals surface area contributed by atoms with E-state index in [-0.39, 0.29) is 0 Å². The summed E-state index contributed by atoms with van der Waals surface area (Å²) in [6, 6.07) is 0.573. The van der Waals surface area contributed by atoms with Crippen LogP contribution in [-0.4, -0.2) is 48.0 Å². The van der Waals surface area contributed by atoms with E-state index in [0.29, 0.717) is 18.5 Å². The number of hydrogen-bond acceptors (Lipinski definition) is 3. The quantitative estimate of drug-likeness (QED) is 0.810. The van der Waals surface area contributed by atoms with Gasteiger partial charge in [0.05, 0.1) is 6.54 Å². The predicted molar refractivity (Wildman–Crippen MR) is 68.8 cm³/mol. The minimum Gasteiger partial charge on any atom is -0.342 e. The van der Waals surface area contributed by atoms with Crippen LogP contribution < -0.4 is 5.32 Å². The second-order valence-corrected chi connectivity index (χ2v) is 5.97. The first-order valence-electron chi connectivity index (χ1n) is 6.33. The summed E-state index contributed by atoms with van der Waals surface area (Å²) in [5, 5.41) is 4.22. The lowest BCUT2D eigenvalue weighted by Gasteiger charge is -2.18. The van der Waals surface area contributed by atoms with E-state index in [1.54, 1.807) is 0 Å². The van der Waals surface area contributed by atoms with Crippen LogP contribution in [0.3, 0.4) is 0 Å². The van der Waals surface area contributed by atoms with E-state index in [9.17, 15) is 4.79 Å². The molecule has 0 aromatic carbocycles. The van der Waals surface area contributed by atoms with Crippen LogP contribution in [-0.2, 0) is 4.79 Å². The molecule has 0 bridgehead atoms. The van der Waals surface area contributed by atoms with Gasteiger partial charge in [-0.15, -0.1) is 0 Å². The van der Waals surface area contributed by atoms with Crippen LogP contribution in [0.5, 0.6) is 0 Å². The molecule has 0 spiro atoms. The van der Waals surface area contributed by atoms with Crippen molar-refractivity contribution in [2.24, 2.45) is 0 Å². The van der Waals surface area contributed by atoms with Crippen molar-refractivity contribution in [3.05, 3.63) is 0 Å². The highest BCUT2D eigenvalue weighted by Crippen LogP contribution is 2.27. The fourth-order valence-electron chi connectivity index (χ4n) is 2.65. The summed E-state index contributed by atoms with van der Waals surface area (Å²) >= 11 is 1.96. The lowest BCUT2D eigenvalue weighted by molar-refractivity contribution is -0.129. The molecule has 3 nitrogen and oxygen atoms in total. The highest BCUT2D eigenvalue weighted by molar-refractivity contribution is 7.99. The number of amides is 1. The van der Waals surface area contributed by atoms with Gasteiger partial charge in [0.2, 0.25) is 5.91 Å². The van der Waals surface area contributed by atoms with Crippen molar-refractivity contribution >= 4 is 17.7 Å². The molecule has 0 radical (unpaired) electrons. The number of carbonyl (C=O) groups is 1. The number of hydrogen-bond donors (Lipinski definition) is 1. The van der Waals surface area contributed by atoms with Gasteiger partial charge in [-0.25, -0.2) is 0 Å². The molecule has 2 atom stereocenters. The third-order valence-electron chi connectivity index (χ3n) is 3.72. The molecule has 2 aliphatic rings. The predicted octanol–water partition coefficient (Wildman–Crippen LogP) is 1.48. The fourth-order valence-corrected chi connectivity index (χ4v) is 3.45. The third kappa shape index (κ3) is 3.14. The third-order valence-corrected chi connectivity index (χ3v) is 4.81. The van der Waals surface area contributed by atoms with Crippen molar-refractivity contribution in [1.82, 2.24) is 10.2 Å². The lowest BCUT2D eigenvalue weighted by atomic mass is 10.2. The molecule has 2 fully saturated rings. The molecular weight excluding hydrogens is 220 g/mol. The number of likely N-dealkylation sites (tertiary alicyclic amines) is 1. The smallest absolute Gasteiger partial charge is 0.236 e. The number of rotatable bonds is 4. The maximum atomic E-state index is 11.8. The molecule has 1 amide bonds. The Morgan fingerprint density at radius 1 is 1.38 bits per heavy atom. The van der Waals surface area contributed by atoms with Gasteiger partial charge >= 0.3 is 0 Å². The summed E-state index contributed by atoms with van der Waals surface area (Å²) in [6.45, 7) is 2.49. The second kappa shape index (κ2) is 5.92. The van der Waals surface area contributed by atoms with Gasteiger partial charge in [0.15, 0.2) is 0 Å². The molecule has 1 saturated carbocycles. The second-order valence-electron chi connectivity index (χ2n) is 4.84. The van der Waals surface area contributed by atoms with E-state index >= 15 is 0 Å². The maximum absolute atomic E-state index is 11.8. The molecule has 1 saturated heterocycles. The van der Waals surface area contributed by atoms with Crippen LogP contribution >= 0.6 is 11.8 Å². The van der Waals surface area contributed by atoms with Crippen LogP contribution in [0, 0.1) is 0 Å². The van der Waals surface area contributed by atoms with Crippen molar-refractivity contribution in [3.63, 3.8) is 0 Å². The molecule has 1 aliphatic heterocycles.